The van der Waals surface area contributed by atoms with Crippen molar-refractivity contribution in [2.75, 3.05) is 6.61 Å². The van der Waals surface area contributed by atoms with Crippen LogP contribution < -0.4 is 10.1 Å². The number of para-hydroxylation sites is 1. The van der Waals surface area contributed by atoms with E-state index in [-0.39, 0.29) is 31.0 Å². The Bertz CT molecular complexity index is 1040. The molecule has 3 aromatic carbocycles. The molecule has 0 aliphatic rings. The molecule has 0 radical (unpaired) electrons. The Labute approximate surface area is 206 Å². The Kier molecular flexibility index (Phi) is 9.53. The van der Waals surface area contributed by atoms with Crippen molar-refractivity contribution >= 4 is 23.4 Å². The second kappa shape index (κ2) is 12.8. The van der Waals surface area contributed by atoms with Crippen LogP contribution in [0.3, 0.4) is 0 Å². The molecule has 3 aromatic rings. The van der Waals surface area contributed by atoms with Gasteiger partial charge in [0, 0.05) is 24.0 Å². The number of nitrogens with one attached hydrogen (secondary N) is 1. The van der Waals surface area contributed by atoms with Crippen LogP contribution in [0, 0.1) is 0 Å². The first-order valence-electron chi connectivity index (χ1n) is 11.5. The molecule has 0 aliphatic carbocycles. The van der Waals surface area contributed by atoms with Gasteiger partial charge < -0.3 is 15.0 Å². The summed E-state index contributed by atoms with van der Waals surface area (Å²) in [5.41, 5.74) is 1.86. The summed E-state index contributed by atoms with van der Waals surface area (Å²) in [6.45, 7) is 4.07. The van der Waals surface area contributed by atoms with Crippen molar-refractivity contribution < 1.29 is 14.3 Å². The number of amides is 2. The van der Waals surface area contributed by atoms with E-state index in [0.29, 0.717) is 17.2 Å². The minimum Gasteiger partial charge on any atom is -0.484 e. The number of carbonyl (C=O) groups excluding carboxylic acids is 2. The number of hydrogen-bond acceptors (Lipinski definition) is 3. The molecule has 0 fully saturated rings. The molecule has 2 amide bonds. The highest BCUT2D eigenvalue weighted by molar-refractivity contribution is 6.30. The maximum Gasteiger partial charge on any atom is 0.261 e. The average molecular weight is 479 g/mol. The second-order valence-electron chi connectivity index (χ2n) is 8.27. The van der Waals surface area contributed by atoms with Gasteiger partial charge >= 0.3 is 0 Å². The zero-order chi connectivity index (χ0) is 24.3. The van der Waals surface area contributed by atoms with Gasteiger partial charge in [-0.05, 0) is 48.7 Å². The van der Waals surface area contributed by atoms with Crippen molar-refractivity contribution in [2.45, 2.75) is 45.3 Å². The molecular formula is C28H31ClN2O3. The van der Waals surface area contributed by atoms with Crippen LogP contribution in [-0.4, -0.2) is 35.4 Å². The lowest BCUT2D eigenvalue weighted by Crippen LogP contribution is -2.53. The van der Waals surface area contributed by atoms with Gasteiger partial charge in [-0.15, -0.1) is 0 Å². The normalized spacial score (nSPS) is 12.4. The molecule has 1 N–H and O–H groups in total. The fraction of sp³-hybridized carbons (Fsp3) is 0.286. The maximum atomic E-state index is 13.5. The summed E-state index contributed by atoms with van der Waals surface area (Å²) >= 11 is 6.06. The minimum atomic E-state index is -0.695. The summed E-state index contributed by atoms with van der Waals surface area (Å²) in [6.07, 6.45) is 1.19. The van der Waals surface area contributed by atoms with Crippen LogP contribution >= 0.6 is 11.6 Å². The third-order valence-corrected chi connectivity index (χ3v) is 5.90. The Morgan fingerprint density at radius 3 is 2.15 bits per heavy atom. The van der Waals surface area contributed by atoms with Crippen LogP contribution in [0.1, 0.15) is 31.4 Å². The minimum absolute atomic E-state index is 0.00109. The summed E-state index contributed by atoms with van der Waals surface area (Å²) < 4.78 is 5.74. The van der Waals surface area contributed by atoms with Crippen LogP contribution in [0.15, 0.2) is 84.9 Å². The molecule has 2 atom stereocenters. The molecule has 5 nitrogen and oxygen atoms in total. The summed E-state index contributed by atoms with van der Waals surface area (Å²) in [5.74, 6) is 0.158. The van der Waals surface area contributed by atoms with Crippen molar-refractivity contribution in [2.24, 2.45) is 0 Å². The number of nitrogens with zero attached hydrogens (tertiary/aromatic N) is 1. The zero-order valence-electron chi connectivity index (χ0n) is 19.6. The molecule has 178 valence electrons. The molecule has 0 unspecified atom stereocenters. The molecule has 0 aromatic heterocycles. The molecule has 6 heteroatoms. The third-order valence-electron chi connectivity index (χ3n) is 5.64. The van der Waals surface area contributed by atoms with E-state index >= 15 is 0 Å². The predicted molar refractivity (Wildman–Crippen MR) is 136 cm³/mol. The predicted octanol–water partition coefficient (Wildman–Crippen LogP) is 5.27. The summed E-state index contributed by atoms with van der Waals surface area (Å²) in [6, 6.07) is 25.5. The third kappa shape index (κ3) is 7.63. The van der Waals surface area contributed by atoms with E-state index in [2.05, 4.69) is 5.32 Å². The maximum absolute atomic E-state index is 13.5. The van der Waals surface area contributed by atoms with Crippen LogP contribution in [-0.2, 0) is 22.6 Å². The Morgan fingerprint density at radius 1 is 0.912 bits per heavy atom. The van der Waals surface area contributed by atoms with Crippen molar-refractivity contribution in [1.82, 2.24) is 10.2 Å². The first-order valence-corrected chi connectivity index (χ1v) is 11.9. The van der Waals surface area contributed by atoms with Gasteiger partial charge in [0.25, 0.3) is 5.91 Å². The van der Waals surface area contributed by atoms with E-state index in [1.54, 1.807) is 29.2 Å². The number of hydrogen-bond donors (Lipinski definition) is 1. The fourth-order valence-electron chi connectivity index (χ4n) is 3.53. The van der Waals surface area contributed by atoms with Gasteiger partial charge in [0.1, 0.15) is 11.8 Å². The highest BCUT2D eigenvalue weighted by Gasteiger charge is 2.31. The number of benzene rings is 3. The van der Waals surface area contributed by atoms with Crippen LogP contribution in [0.4, 0.5) is 0 Å². The smallest absolute Gasteiger partial charge is 0.261 e. The molecule has 34 heavy (non-hydrogen) atoms. The van der Waals surface area contributed by atoms with Gasteiger partial charge in [0.2, 0.25) is 5.91 Å². The SMILES string of the molecule is CC[C@H](C)NC(=O)[C@@H](Cc1ccccc1)N(Cc1ccc(Cl)cc1)C(=O)COc1ccccc1. The van der Waals surface area contributed by atoms with Gasteiger partial charge in [-0.2, -0.15) is 0 Å². The number of rotatable bonds is 11. The molecule has 0 heterocycles. The lowest BCUT2D eigenvalue weighted by atomic mass is 10.0. The molecule has 0 saturated carbocycles. The fourth-order valence-corrected chi connectivity index (χ4v) is 3.65. The standard InChI is InChI=1S/C28H31ClN2O3/c1-3-21(2)30-28(33)26(18-22-10-6-4-7-11-22)31(19-23-14-16-24(29)17-15-23)27(32)20-34-25-12-8-5-9-13-25/h4-17,21,26H,3,18-20H2,1-2H3,(H,30,33)/t21-,26+/m0/s1. The van der Waals surface area contributed by atoms with E-state index in [4.69, 9.17) is 16.3 Å². The first kappa shape index (κ1) is 25.3. The zero-order valence-corrected chi connectivity index (χ0v) is 20.4. The average Bonchev–Trinajstić information content (AvgIpc) is 2.87. The van der Waals surface area contributed by atoms with Crippen molar-refractivity contribution in [1.29, 1.82) is 0 Å². The molecule has 0 spiro atoms. The second-order valence-corrected chi connectivity index (χ2v) is 8.71. The highest BCUT2D eigenvalue weighted by Crippen LogP contribution is 2.18. The largest absolute Gasteiger partial charge is 0.484 e. The van der Waals surface area contributed by atoms with Gasteiger partial charge in [0.05, 0.1) is 0 Å². The quantitative estimate of drug-likeness (QED) is 0.408. The van der Waals surface area contributed by atoms with Crippen LogP contribution in [0.2, 0.25) is 5.02 Å². The molecule has 0 aliphatic heterocycles. The van der Waals surface area contributed by atoms with Crippen molar-refractivity contribution in [3.05, 3.63) is 101 Å². The summed E-state index contributed by atoms with van der Waals surface area (Å²) in [7, 11) is 0. The molecule has 0 bridgehead atoms. The van der Waals surface area contributed by atoms with Crippen molar-refractivity contribution in [3.8, 4) is 5.75 Å². The van der Waals surface area contributed by atoms with Gasteiger partial charge in [-0.3, -0.25) is 9.59 Å². The van der Waals surface area contributed by atoms with Gasteiger partial charge in [-0.25, -0.2) is 0 Å². The number of carbonyl (C=O) groups is 2. The van der Waals surface area contributed by atoms with Crippen LogP contribution in [0.25, 0.3) is 0 Å². The van der Waals surface area contributed by atoms with E-state index in [1.165, 1.54) is 0 Å². The summed E-state index contributed by atoms with van der Waals surface area (Å²) in [4.78, 5) is 28.5. The lowest BCUT2D eigenvalue weighted by Gasteiger charge is -2.32. The van der Waals surface area contributed by atoms with E-state index < -0.39 is 6.04 Å². The molecular weight excluding hydrogens is 448 g/mol. The topological polar surface area (TPSA) is 58.6 Å². The van der Waals surface area contributed by atoms with E-state index in [1.807, 2.05) is 74.5 Å². The van der Waals surface area contributed by atoms with Gasteiger partial charge in [0.15, 0.2) is 6.61 Å². The van der Waals surface area contributed by atoms with E-state index in [0.717, 1.165) is 17.5 Å². The first-order chi connectivity index (χ1) is 16.5. The highest BCUT2D eigenvalue weighted by atomic mass is 35.5. The molecule has 3 rings (SSSR count). The van der Waals surface area contributed by atoms with Gasteiger partial charge in [-0.1, -0.05) is 79.2 Å². The Balaban J connectivity index is 1.90. The van der Waals surface area contributed by atoms with Crippen molar-refractivity contribution in [3.63, 3.8) is 0 Å². The molecule has 0 saturated heterocycles. The lowest BCUT2D eigenvalue weighted by molar-refractivity contribution is -0.143. The summed E-state index contributed by atoms with van der Waals surface area (Å²) in [5, 5.41) is 3.67. The number of halogens is 1. The monoisotopic (exact) mass is 478 g/mol. The van der Waals surface area contributed by atoms with E-state index in [9.17, 15) is 9.59 Å². The Hall–Kier alpha value is -3.31. The van der Waals surface area contributed by atoms with Crippen LogP contribution in [0.5, 0.6) is 5.75 Å². The number of ether oxygens (including phenoxy) is 1. The Morgan fingerprint density at radius 2 is 1.53 bits per heavy atom.